The predicted molar refractivity (Wildman–Crippen MR) is 120 cm³/mol. The number of rotatable bonds is 8. The molecule has 0 unspecified atom stereocenters. The van der Waals surface area contributed by atoms with Gasteiger partial charge in [-0.25, -0.2) is 4.39 Å². The van der Waals surface area contributed by atoms with Crippen LogP contribution in [0.3, 0.4) is 0 Å². The molecule has 0 fully saturated rings. The topological polar surface area (TPSA) is 57.7 Å². The van der Waals surface area contributed by atoms with Crippen LogP contribution in [0.1, 0.15) is 16.7 Å². The maximum Gasteiger partial charge on any atom is 0.191 e. The first-order valence-electron chi connectivity index (χ1n) is 8.63. The summed E-state index contributed by atoms with van der Waals surface area (Å²) >= 11 is 0. The van der Waals surface area contributed by atoms with E-state index in [1.165, 1.54) is 6.07 Å². The molecule has 2 rings (SSSR count). The van der Waals surface area contributed by atoms with Gasteiger partial charge in [-0.05, 0) is 41.8 Å². The third-order valence-corrected chi connectivity index (χ3v) is 3.96. The van der Waals surface area contributed by atoms with Gasteiger partial charge < -0.3 is 20.7 Å². The van der Waals surface area contributed by atoms with Gasteiger partial charge in [0.05, 0.1) is 6.61 Å². The van der Waals surface area contributed by atoms with Crippen LogP contribution in [0.2, 0.25) is 0 Å². The standard InChI is InChI=1S/C20H27FN4O.HI/c1-15-12-17(6-9-19(15)21)14-25-20(22-2)24-13-16-4-7-18(8-5-16)23-10-11-26-3;/h4-9,12,23H,10-11,13-14H2,1-3H3,(H2,22,24,25);1H. The zero-order valence-electron chi connectivity index (χ0n) is 16.0. The molecule has 0 heterocycles. The fourth-order valence-corrected chi connectivity index (χ4v) is 2.45. The average molecular weight is 486 g/mol. The Morgan fingerprint density at radius 2 is 1.67 bits per heavy atom. The van der Waals surface area contributed by atoms with E-state index in [0.29, 0.717) is 31.2 Å². The third kappa shape index (κ3) is 8.13. The summed E-state index contributed by atoms with van der Waals surface area (Å²) in [5, 5.41) is 9.80. The summed E-state index contributed by atoms with van der Waals surface area (Å²) in [4.78, 5) is 4.22. The smallest absolute Gasteiger partial charge is 0.191 e. The second-order valence-corrected chi connectivity index (χ2v) is 5.98. The number of guanidine groups is 1. The monoisotopic (exact) mass is 486 g/mol. The largest absolute Gasteiger partial charge is 0.383 e. The van der Waals surface area contributed by atoms with E-state index >= 15 is 0 Å². The molecule has 5 nitrogen and oxygen atoms in total. The van der Waals surface area contributed by atoms with Crippen molar-refractivity contribution in [1.82, 2.24) is 10.6 Å². The lowest BCUT2D eigenvalue weighted by atomic mass is 10.1. The summed E-state index contributed by atoms with van der Waals surface area (Å²) in [5.41, 5.74) is 3.88. The normalized spacial score (nSPS) is 10.9. The summed E-state index contributed by atoms with van der Waals surface area (Å²) in [6, 6.07) is 13.3. The number of methoxy groups -OCH3 is 1. The quantitative estimate of drug-likeness (QED) is 0.231. The molecular formula is C20H28FIN4O. The molecule has 3 N–H and O–H groups in total. The van der Waals surface area contributed by atoms with Crippen molar-refractivity contribution in [3.8, 4) is 0 Å². The van der Waals surface area contributed by atoms with Crippen molar-refractivity contribution in [2.75, 3.05) is 32.6 Å². The van der Waals surface area contributed by atoms with E-state index in [1.54, 1.807) is 27.1 Å². The Hall–Kier alpha value is -1.87. The van der Waals surface area contributed by atoms with Gasteiger partial charge in [0.25, 0.3) is 0 Å². The summed E-state index contributed by atoms with van der Waals surface area (Å²) in [6.45, 7) is 4.48. The molecule has 0 aromatic heterocycles. The molecule has 148 valence electrons. The van der Waals surface area contributed by atoms with Gasteiger partial charge in [0, 0.05) is 39.5 Å². The number of aryl methyl sites for hydroxylation is 1. The first kappa shape index (κ1) is 23.2. The molecule has 7 heteroatoms. The molecule has 0 amide bonds. The van der Waals surface area contributed by atoms with E-state index in [-0.39, 0.29) is 29.8 Å². The van der Waals surface area contributed by atoms with Gasteiger partial charge in [-0.2, -0.15) is 0 Å². The maximum atomic E-state index is 13.3. The highest BCUT2D eigenvalue weighted by atomic mass is 127. The molecule has 0 bridgehead atoms. The number of ether oxygens (including phenoxy) is 1. The molecule has 0 saturated carbocycles. The number of nitrogens with zero attached hydrogens (tertiary/aromatic N) is 1. The van der Waals surface area contributed by atoms with Crippen molar-refractivity contribution in [2.24, 2.45) is 4.99 Å². The first-order chi connectivity index (χ1) is 12.6. The van der Waals surface area contributed by atoms with Gasteiger partial charge in [-0.1, -0.05) is 24.3 Å². The Labute approximate surface area is 177 Å². The Morgan fingerprint density at radius 1 is 1.04 bits per heavy atom. The van der Waals surface area contributed by atoms with Crippen LogP contribution in [0.5, 0.6) is 0 Å². The molecule has 0 radical (unpaired) electrons. The average Bonchev–Trinajstić information content (AvgIpc) is 2.66. The van der Waals surface area contributed by atoms with Gasteiger partial charge in [-0.3, -0.25) is 4.99 Å². The molecule has 0 saturated heterocycles. The molecule has 2 aromatic carbocycles. The SMILES string of the molecule is CN=C(NCc1ccc(NCCOC)cc1)NCc1ccc(F)c(C)c1.I. The van der Waals surface area contributed by atoms with Gasteiger partial charge in [0.15, 0.2) is 5.96 Å². The van der Waals surface area contributed by atoms with Gasteiger partial charge >= 0.3 is 0 Å². The fraction of sp³-hybridized carbons (Fsp3) is 0.350. The van der Waals surface area contributed by atoms with Crippen LogP contribution in [0, 0.1) is 12.7 Å². The van der Waals surface area contributed by atoms with Crippen LogP contribution in [-0.4, -0.2) is 33.3 Å². The number of hydrogen-bond acceptors (Lipinski definition) is 3. The van der Waals surface area contributed by atoms with Crippen molar-refractivity contribution in [3.63, 3.8) is 0 Å². The molecule has 0 aliphatic heterocycles. The van der Waals surface area contributed by atoms with Crippen LogP contribution < -0.4 is 16.0 Å². The second-order valence-electron chi connectivity index (χ2n) is 5.98. The van der Waals surface area contributed by atoms with Gasteiger partial charge in [0.2, 0.25) is 0 Å². The van der Waals surface area contributed by atoms with Gasteiger partial charge in [0.1, 0.15) is 5.82 Å². The molecule has 0 aliphatic carbocycles. The maximum absolute atomic E-state index is 13.3. The number of hydrogen-bond donors (Lipinski definition) is 3. The van der Waals surface area contributed by atoms with E-state index in [0.717, 1.165) is 23.4 Å². The van der Waals surface area contributed by atoms with Crippen LogP contribution in [-0.2, 0) is 17.8 Å². The lowest BCUT2D eigenvalue weighted by Gasteiger charge is -2.13. The highest BCUT2D eigenvalue weighted by Crippen LogP contribution is 2.10. The Morgan fingerprint density at radius 3 is 2.26 bits per heavy atom. The van der Waals surface area contributed by atoms with Crippen molar-refractivity contribution >= 4 is 35.6 Å². The van der Waals surface area contributed by atoms with E-state index in [9.17, 15) is 4.39 Å². The number of benzene rings is 2. The Kier molecular flexibility index (Phi) is 10.7. The van der Waals surface area contributed by atoms with Crippen molar-refractivity contribution in [1.29, 1.82) is 0 Å². The summed E-state index contributed by atoms with van der Waals surface area (Å²) in [5.74, 6) is 0.519. The van der Waals surface area contributed by atoms with E-state index in [4.69, 9.17) is 4.74 Å². The van der Waals surface area contributed by atoms with Crippen LogP contribution in [0.25, 0.3) is 0 Å². The molecule has 0 spiro atoms. The lowest BCUT2D eigenvalue weighted by molar-refractivity contribution is 0.211. The minimum absolute atomic E-state index is 0. The minimum atomic E-state index is -0.184. The zero-order valence-corrected chi connectivity index (χ0v) is 18.3. The first-order valence-corrected chi connectivity index (χ1v) is 8.63. The molecule has 0 aliphatic rings. The van der Waals surface area contributed by atoms with Crippen LogP contribution in [0.15, 0.2) is 47.5 Å². The van der Waals surface area contributed by atoms with E-state index < -0.39 is 0 Å². The van der Waals surface area contributed by atoms with E-state index in [2.05, 4.69) is 33.1 Å². The number of halogens is 2. The summed E-state index contributed by atoms with van der Waals surface area (Å²) < 4.78 is 18.3. The molecule has 2 aromatic rings. The molecule has 27 heavy (non-hydrogen) atoms. The third-order valence-electron chi connectivity index (χ3n) is 3.96. The van der Waals surface area contributed by atoms with Crippen LogP contribution in [0.4, 0.5) is 10.1 Å². The van der Waals surface area contributed by atoms with E-state index in [1.807, 2.05) is 18.2 Å². The van der Waals surface area contributed by atoms with Gasteiger partial charge in [-0.15, -0.1) is 24.0 Å². The number of anilines is 1. The fourth-order valence-electron chi connectivity index (χ4n) is 2.45. The lowest BCUT2D eigenvalue weighted by Crippen LogP contribution is -2.36. The second kappa shape index (κ2) is 12.5. The Balaban J connectivity index is 0.00000364. The van der Waals surface area contributed by atoms with Crippen molar-refractivity contribution in [2.45, 2.75) is 20.0 Å². The minimum Gasteiger partial charge on any atom is -0.383 e. The Bertz CT molecular complexity index is 722. The number of nitrogens with one attached hydrogen (secondary N) is 3. The highest BCUT2D eigenvalue weighted by Gasteiger charge is 2.02. The van der Waals surface area contributed by atoms with Crippen molar-refractivity contribution in [3.05, 3.63) is 65.0 Å². The molecular weight excluding hydrogens is 458 g/mol. The number of aliphatic imine (C=N–C) groups is 1. The van der Waals surface area contributed by atoms with Crippen molar-refractivity contribution < 1.29 is 9.13 Å². The predicted octanol–water partition coefficient (Wildman–Crippen LogP) is 3.68. The molecule has 0 atom stereocenters. The summed E-state index contributed by atoms with van der Waals surface area (Å²) in [7, 11) is 3.42. The highest BCUT2D eigenvalue weighted by molar-refractivity contribution is 14.0. The van der Waals surface area contributed by atoms with Crippen LogP contribution >= 0.6 is 24.0 Å². The summed E-state index contributed by atoms with van der Waals surface area (Å²) in [6.07, 6.45) is 0. The zero-order chi connectivity index (χ0) is 18.8.